The molecule has 4 unspecified atom stereocenters. The summed E-state index contributed by atoms with van der Waals surface area (Å²) >= 11 is 0. The van der Waals surface area contributed by atoms with Gasteiger partial charge in [-0.1, -0.05) is 330 Å². The Morgan fingerprint density at radius 1 is 0.301 bits per heavy atom. The Labute approximate surface area is 568 Å². The number of ether oxygens (including phenoxy) is 4. The lowest BCUT2D eigenvalue weighted by Gasteiger charge is -2.21. The first kappa shape index (κ1) is 91.1. The number of phosphoric acid groups is 2. The summed E-state index contributed by atoms with van der Waals surface area (Å²) < 4.78 is 68.4. The molecule has 0 saturated carbocycles. The summed E-state index contributed by atoms with van der Waals surface area (Å²) in [7, 11) is -9.91. The predicted octanol–water partition coefficient (Wildman–Crippen LogP) is 21.6. The molecule has 0 radical (unpaired) electrons. The number of carbonyl (C=O) groups excluding carboxylic acids is 4. The van der Waals surface area contributed by atoms with Gasteiger partial charge in [-0.05, 0) is 37.5 Å². The quantitative estimate of drug-likeness (QED) is 0.0222. The molecule has 552 valence electrons. The molecule has 0 aliphatic rings. The van der Waals surface area contributed by atoms with Gasteiger partial charge in [-0.3, -0.25) is 37.3 Å². The van der Waals surface area contributed by atoms with E-state index in [9.17, 15) is 43.2 Å². The first-order valence-corrected chi connectivity index (χ1v) is 41.6. The average Bonchev–Trinajstić information content (AvgIpc) is 1.85. The fourth-order valence-electron chi connectivity index (χ4n) is 11.2. The molecule has 3 N–H and O–H groups in total. The minimum absolute atomic E-state index is 0.106. The monoisotopic (exact) mass is 1370 g/mol. The molecule has 0 aliphatic heterocycles. The van der Waals surface area contributed by atoms with Crippen LogP contribution in [0.5, 0.6) is 0 Å². The third-order valence-electron chi connectivity index (χ3n) is 17.9. The Bertz CT molecular complexity index is 1810. The van der Waals surface area contributed by atoms with E-state index in [1.165, 1.54) is 193 Å². The molecule has 93 heavy (non-hydrogen) atoms. The highest BCUT2D eigenvalue weighted by Gasteiger charge is 2.30. The topological polar surface area (TPSA) is 237 Å². The van der Waals surface area contributed by atoms with Crippen LogP contribution < -0.4 is 0 Å². The molecule has 0 aromatic carbocycles. The van der Waals surface area contributed by atoms with Gasteiger partial charge in [0.2, 0.25) is 0 Å². The van der Waals surface area contributed by atoms with Gasteiger partial charge >= 0.3 is 39.5 Å². The number of rotatable bonds is 73. The molecule has 0 aliphatic carbocycles. The second-order valence-electron chi connectivity index (χ2n) is 27.2. The van der Waals surface area contributed by atoms with Gasteiger partial charge in [0.15, 0.2) is 12.2 Å². The molecule has 0 aromatic rings. The van der Waals surface area contributed by atoms with Crippen molar-refractivity contribution < 1.29 is 80.2 Å². The van der Waals surface area contributed by atoms with Crippen molar-refractivity contribution >= 4 is 39.5 Å². The van der Waals surface area contributed by atoms with Crippen molar-refractivity contribution in [3.8, 4) is 0 Å². The second kappa shape index (κ2) is 66.0. The lowest BCUT2D eigenvalue weighted by molar-refractivity contribution is -0.161. The zero-order valence-corrected chi connectivity index (χ0v) is 62.3. The van der Waals surface area contributed by atoms with E-state index in [-0.39, 0.29) is 25.7 Å². The van der Waals surface area contributed by atoms with Crippen molar-refractivity contribution in [1.29, 1.82) is 0 Å². The molecule has 0 heterocycles. The van der Waals surface area contributed by atoms with Crippen molar-refractivity contribution in [2.24, 2.45) is 11.8 Å². The highest BCUT2D eigenvalue weighted by atomic mass is 31.2. The molecule has 0 fully saturated rings. The van der Waals surface area contributed by atoms with Gasteiger partial charge in [-0.15, -0.1) is 0 Å². The summed E-state index contributed by atoms with van der Waals surface area (Å²) in [5, 5.41) is 10.6. The van der Waals surface area contributed by atoms with E-state index >= 15 is 0 Å². The van der Waals surface area contributed by atoms with Gasteiger partial charge in [0.05, 0.1) is 26.4 Å². The van der Waals surface area contributed by atoms with Crippen LogP contribution in [-0.4, -0.2) is 96.7 Å². The normalized spacial score (nSPS) is 14.6. The molecule has 0 rings (SSSR count). The zero-order valence-electron chi connectivity index (χ0n) is 60.6. The number of unbranched alkanes of at least 4 members (excludes halogenated alkanes) is 41. The third kappa shape index (κ3) is 65.8. The molecule has 0 bridgehead atoms. The number of carbonyl (C=O) groups is 4. The minimum atomic E-state index is -4.96. The highest BCUT2D eigenvalue weighted by molar-refractivity contribution is 7.47. The summed E-state index contributed by atoms with van der Waals surface area (Å²) in [6.07, 6.45) is 52.8. The summed E-state index contributed by atoms with van der Waals surface area (Å²) in [5.74, 6) is -0.612. The molecule has 7 atom stereocenters. The Morgan fingerprint density at radius 3 is 0.763 bits per heavy atom. The molecule has 0 spiro atoms. The molecule has 0 aromatic heterocycles. The maximum Gasteiger partial charge on any atom is 0.472 e. The maximum atomic E-state index is 13.1. The van der Waals surface area contributed by atoms with E-state index < -0.39 is 97.5 Å². The van der Waals surface area contributed by atoms with Gasteiger partial charge in [0, 0.05) is 25.7 Å². The maximum absolute atomic E-state index is 13.1. The first-order chi connectivity index (χ1) is 44.9. The van der Waals surface area contributed by atoms with Crippen LogP contribution >= 0.6 is 15.6 Å². The number of aliphatic hydroxyl groups excluding tert-OH is 1. The van der Waals surface area contributed by atoms with E-state index in [1.54, 1.807) is 0 Å². The number of hydrogen-bond acceptors (Lipinski definition) is 15. The van der Waals surface area contributed by atoms with Crippen LogP contribution in [0.1, 0.15) is 382 Å². The third-order valence-corrected chi connectivity index (χ3v) is 19.8. The molecular weight excluding hydrogens is 1220 g/mol. The number of phosphoric ester groups is 2. The van der Waals surface area contributed by atoms with Crippen LogP contribution in [0.25, 0.3) is 0 Å². The molecule has 17 nitrogen and oxygen atoms in total. The molecule has 0 saturated heterocycles. The van der Waals surface area contributed by atoms with Gasteiger partial charge in [0.25, 0.3) is 0 Å². The lowest BCUT2D eigenvalue weighted by atomic mass is 9.99. The van der Waals surface area contributed by atoms with E-state index in [4.69, 9.17) is 37.0 Å². The largest absolute Gasteiger partial charge is 0.472 e. The standard InChI is InChI=1S/C74H144O17P2/c1-7-11-13-15-17-19-21-22-23-24-25-26-27-28-29-31-33-39-47-53-59-74(79)90-69(62-84-71(76)56-50-44-37-35-34-36-42-48-54-66(5)9-3)64-88-92(80,81)86-60-68(75)61-87-93(82,83)89-65-70(63-85-72(77)57-51-45-41-40-43-49-55-67(6)10-4)91-73(78)58-52-46-38-32-30-20-18-16-14-12-8-2/h66-70,75H,7-65H2,1-6H3,(H,80,81)(H,82,83)/t66?,67?,68-,69-,70-/m1/s1. The van der Waals surface area contributed by atoms with Gasteiger partial charge in [-0.25, -0.2) is 9.13 Å². The molecular formula is C74H144O17P2. The van der Waals surface area contributed by atoms with Gasteiger partial charge < -0.3 is 33.8 Å². The van der Waals surface area contributed by atoms with E-state index in [0.29, 0.717) is 25.7 Å². The molecule has 19 heteroatoms. The summed E-state index contributed by atoms with van der Waals surface area (Å²) in [6.45, 7) is 9.53. The summed E-state index contributed by atoms with van der Waals surface area (Å²) in [5.41, 5.74) is 0. The van der Waals surface area contributed by atoms with Crippen molar-refractivity contribution in [2.45, 2.75) is 400 Å². The fraction of sp³-hybridized carbons (Fsp3) is 0.946. The Balaban J connectivity index is 5.21. The van der Waals surface area contributed by atoms with E-state index in [2.05, 4.69) is 41.5 Å². The number of hydrogen-bond donors (Lipinski definition) is 3. The van der Waals surface area contributed by atoms with Crippen molar-refractivity contribution in [1.82, 2.24) is 0 Å². The summed E-state index contributed by atoms with van der Waals surface area (Å²) in [6, 6.07) is 0. The van der Waals surface area contributed by atoms with Gasteiger partial charge in [-0.2, -0.15) is 0 Å². The SMILES string of the molecule is CCCCCCCCCCCCCCCCCCCCCCC(=O)O[C@H](COC(=O)CCCCCCCCCCC(C)CC)COP(=O)(O)OC[C@@H](O)COP(=O)(O)OC[C@@H](COC(=O)CCCCCCCCC(C)CC)OC(=O)CCCCCCCCCCCCC. The van der Waals surface area contributed by atoms with Crippen LogP contribution in [0.2, 0.25) is 0 Å². The fourth-order valence-corrected chi connectivity index (χ4v) is 12.8. The zero-order chi connectivity index (χ0) is 68.6. The highest BCUT2D eigenvalue weighted by Crippen LogP contribution is 2.45. The average molecular weight is 1370 g/mol. The minimum Gasteiger partial charge on any atom is -0.462 e. The van der Waals surface area contributed by atoms with Crippen molar-refractivity contribution in [3.63, 3.8) is 0 Å². The lowest BCUT2D eigenvalue weighted by Crippen LogP contribution is -2.30. The van der Waals surface area contributed by atoms with E-state index in [1.807, 2.05) is 0 Å². The van der Waals surface area contributed by atoms with Crippen LogP contribution in [0.4, 0.5) is 0 Å². The Kier molecular flexibility index (Phi) is 64.6. The smallest absolute Gasteiger partial charge is 0.462 e. The van der Waals surface area contributed by atoms with Crippen LogP contribution in [0, 0.1) is 11.8 Å². The van der Waals surface area contributed by atoms with Crippen LogP contribution in [0.15, 0.2) is 0 Å². The van der Waals surface area contributed by atoms with Crippen LogP contribution in [0.3, 0.4) is 0 Å². The van der Waals surface area contributed by atoms with E-state index in [0.717, 1.165) is 108 Å². The second-order valence-corrected chi connectivity index (χ2v) is 30.1. The number of aliphatic hydroxyl groups is 1. The first-order valence-electron chi connectivity index (χ1n) is 38.6. The number of esters is 4. The van der Waals surface area contributed by atoms with Gasteiger partial charge in [0.1, 0.15) is 19.3 Å². The Morgan fingerprint density at radius 2 is 0.516 bits per heavy atom. The molecule has 0 amide bonds. The predicted molar refractivity (Wildman–Crippen MR) is 377 cm³/mol. The van der Waals surface area contributed by atoms with Crippen molar-refractivity contribution in [3.05, 3.63) is 0 Å². The Hall–Kier alpha value is -1.94. The summed E-state index contributed by atoms with van der Waals surface area (Å²) in [4.78, 5) is 72.7. The van der Waals surface area contributed by atoms with Crippen molar-refractivity contribution in [2.75, 3.05) is 39.6 Å². The van der Waals surface area contributed by atoms with Crippen LogP contribution in [-0.2, 0) is 65.4 Å².